The lowest BCUT2D eigenvalue weighted by molar-refractivity contribution is 0.878. The summed E-state index contributed by atoms with van der Waals surface area (Å²) in [6.07, 6.45) is 0. The van der Waals surface area contributed by atoms with Gasteiger partial charge in [0.05, 0.1) is 22.1 Å². The molecule has 1 unspecified atom stereocenters. The van der Waals surface area contributed by atoms with Gasteiger partial charge in [0.25, 0.3) is 0 Å². The molecule has 1 aromatic heterocycles. The van der Waals surface area contributed by atoms with Gasteiger partial charge in [0.2, 0.25) is 0 Å². The maximum Gasteiger partial charge on any atom is 0.132 e. The number of halogens is 2. The minimum atomic E-state index is -0.156. The van der Waals surface area contributed by atoms with Crippen LogP contribution in [0.4, 0.5) is 0 Å². The van der Waals surface area contributed by atoms with Crippen LogP contribution in [-0.2, 0) is 0 Å². The topological polar surface area (TPSA) is 17.8 Å². The fraction of sp³-hybridized carbons (Fsp3) is 0.235. The third-order valence-electron chi connectivity index (χ3n) is 3.59. The fourth-order valence-corrected chi connectivity index (χ4v) is 3.14. The molecule has 0 fully saturated rings. The van der Waals surface area contributed by atoms with E-state index in [1.807, 2.05) is 19.1 Å². The Kier molecular flexibility index (Phi) is 3.80. The molecule has 0 saturated carbocycles. The minimum absolute atomic E-state index is 0.156. The zero-order chi connectivity index (χ0) is 15.1. The maximum absolute atomic E-state index is 6.36. The van der Waals surface area contributed by atoms with E-state index < -0.39 is 0 Å². The van der Waals surface area contributed by atoms with Gasteiger partial charge in [-0.3, -0.25) is 4.57 Å². The monoisotopic (exact) mass is 362 g/mol. The Labute approximate surface area is 137 Å². The normalized spacial score (nSPS) is 12.8. The summed E-state index contributed by atoms with van der Waals surface area (Å²) in [5.41, 5.74) is 5.62. The second-order valence-corrected chi connectivity index (χ2v) is 6.91. The minimum Gasteiger partial charge on any atom is -0.295 e. The molecular weight excluding hydrogens is 348 g/mol. The number of fused-ring (bicyclic) bond motifs is 1. The van der Waals surface area contributed by atoms with E-state index in [-0.39, 0.29) is 5.38 Å². The molecule has 0 aliphatic rings. The molecule has 0 bridgehead atoms. The number of hydrogen-bond acceptors (Lipinski definition) is 1. The number of aromatic nitrogens is 2. The van der Waals surface area contributed by atoms with Crippen LogP contribution in [0.3, 0.4) is 0 Å². The molecule has 2 nitrogen and oxygen atoms in total. The standard InChI is InChI=1S/C17H16BrClN2/c1-10-4-7-15(11(2)8-10)21-16-9-13(18)5-6-14(16)20-17(21)12(3)19/h4-9,12H,1-3H3. The van der Waals surface area contributed by atoms with Gasteiger partial charge in [-0.25, -0.2) is 4.98 Å². The van der Waals surface area contributed by atoms with Crippen molar-refractivity contribution in [3.8, 4) is 5.69 Å². The molecule has 3 rings (SSSR count). The van der Waals surface area contributed by atoms with E-state index in [4.69, 9.17) is 16.6 Å². The first-order valence-electron chi connectivity index (χ1n) is 6.87. The third-order valence-corrected chi connectivity index (χ3v) is 4.28. The van der Waals surface area contributed by atoms with Crippen molar-refractivity contribution in [3.63, 3.8) is 0 Å². The summed E-state index contributed by atoms with van der Waals surface area (Å²) >= 11 is 9.90. The quantitative estimate of drug-likeness (QED) is 0.534. The van der Waals surface area contributed by atoms with Gasteiger partial charge in [0.15, 0.2) is 0 Å². The highest BCUT2D eigenvalue weighted by Gasteiger charge is 2.17. The second-order valence-electron chi connectivity index (χ2n) is 5.34. The summed E-state index contributed by atoms with van der Waals surface area (Å²) in [7, 11) is 0. The Bertz CT molecular complexity index is 821. The van der Waals surface area contributed by atoms with Gasteiger partial charge in [0, 0.05) is 4.47 Å². The van der Waals surface area contributed by atoms with Crippen molar-refractivity contribution in [2.45, 2.75) is 26.1 Å². The summed E-state index contributed by atoms with van der Waals surface area (Å²) in [5.74, 6) is 0.872. The van der Waals surface area contributed by atoms with E-state index in [2.05, 4.69) is 58.6 Å². The van der Waals surface area contributed by atoms with Crippen LogP contribution >= 0.6 is 27.5 Å². The van der Waals surface area contributed by atoms with Crippen molar-refractivity contribution in [2.24, 2.45) is 0 Å². The number of imidazole rings is 1. The highest BCUT2D eigenvalue weighted by atomic mass is 79.9. The van der Waals surface area contributed by atoms with E-state index in [1.54, 1.807) is 0 Å². The van der Waals surface area contributed by atoms with Crippen molar-refractivity contribution in [1.29, 1.82) is 0 Å². The van der Waals surface area contributed by atoms with Gasteiger partial charge >= 0.3 is 0 Å². The molecule has 4 heteroatoms. The average molecular weight is 364 g/mol. The van der Waals surface area contributed by atoms with E-state index in [9.17, 15) is 0 Å². The van der Waals surface area contributed by atoms with Crippen molar-refractivity contribution in [3.05, 3.63) is 57.8 Å². The molecule has 2 aromatic carbocycles. The van der Waals surface area contributed by atoms with Gasteiger partial charge in [-0.15, -0.1) is 11.6 Å². The molecule has 0 radical (unpaired) electrons. The lowest BCUT2D eigenvalue weighted by Gasteiger charge is -2.14. The number of benzene rings is 2. The van der Waals surface area contributed by atoms with Crippen molar-refractivity contribution >= 4 is 38.6 Å². The van der Waals surface area contributed by atoms with Crippen LogP contribution in [-0.4, -0.2) is 9.55 Å². The first-order valence-corrected chi connectivity index (χ1v) is 8.10. The first kappa shape index (κ1) is 14.6. The van der Waals surface area contributed by atoms with Crippen LogP contribution in [0, 0.1) is 13.8 Å². The SMILES string of the molecule is Cc1ccc(-n2c(C(C)Cl)nc3ccc(Br)cc32)c(C)c1. The lowest BCUT2D eigenvalue weighted by atomic mass is 10.1. The largest absolute Gasteiger partial charge is 0.295 e. The lowest BCUT2D eigenvalue weighted by Crippen LogP contribution is -2.04. The Morgan fingerprint density at radius 1 is 1.14 bits per heavy atom. The fourth-order valence-electron chi connectivity index (χ4n) is 2.64. The second kappa shape index (κ2) is 5.47. The number of alkyl halides is 1. The first-order chi connectivity index (χ1) is 9.97. The molecule has 0 saturated heterocycles. The number of hydrogen-bond donors (Lipinski definition) is 0. The molecule has 0 aliphatic heterocycles. The molecule has 0 aliphatic carbocycles. The van der Waals surface area contributed by atoms with Gasteiger partial charge in [-0.2, -0.15) is 0 Å². The zero-order valence-corrected chi connectivity index (χ0v) is 14.5. The van der Waals surface area contributed by atoms with Crippen LogP contribution in [0.25, 0.3) is 16.7 Å². The molecule has 0 amide bonds. The van der Waals surface area contributed by atoms with Crippen LogP contribution in [0.2, 0.25) is 0 Å². The smallest absolute Gasteiger partial charge is 0.132 e. The van der Waals surface area contributed by atoms with E-state index in [1.165, 1.54) is 11.1 Å². The molecule has 1 atom stereocenters. The zero-order valence-electron chi connectivity index (χ0n) is 12.2. The van der Waals surface area contributed by atoms with Crippen molar-refractivity contribution < 1.29 is 0 Å². The summed E-state index contributed by atoms with van der Waals surface area (Å²) in [4.78, 5) is 4.70. The predicted molar refractivity (Wildman–Crippen MR) is 92.5 cm³/mol. The Balaban J connectivity index is 2.38. The van der Waals surface area contributed by atoms with Gasteiger partial charge in [-0.05, 0) is 50.6 Å². The molecular formula is C17H16BrClN2. The third kappa shape index (κ3) is 2.60. The van der Waals surface area contributed by atoms with Crippen LogP contribution < -0.4 is 0 Å². The number of nitrogens with zero attached hydrogens (tertiary/aromatic N) is 2. The maximum atomic E-state index is 6.36. The van der Waals surface area contributed by atoms with Gasteiger partial charge < -0.3 is 0 Å². The summed E-state index contributed by atoms with van der Waals surface area (Å²) < 4.78 is 3.20. The van der Waals surface area contributed by atoms with Gasteiger partial charge in [-0.1, -0.05) is 33.6 Å². The molecule has 0 spiro atoms. The van der Waals surface area contributed by atoms with Crippen LogP contribution in [0.1, 0.15) is 29.3 Å². The Morgan fingerprint density at radius 3 is 2.57 bits per heavy atom. The summed E-state index contributed by atoms with van der Waals surface area (Å²) in [5, 5.41) is -0.156. The van der Waals surface area contributed by atoms with E-state index >= 15 is 0 Å². The van der Waals surface area contributed by atoms with Crippen LogP contribution in [0.5, 0.6) is 0 Å². The highest BCUT2D eigenvalue weighted by Crippen LogP contribution is 2.31. The molecule has 0 N–H and O–H groups in total. The average Bonchev–Trinajstić information content (AvgIpc) is 2.77. The van der Waals surface area contributed by atoms with E-state index in [0.717, 1.165) is 27.0 Å². The van der Waals surface area contributed by atoms with Crippen molar-refractivity contribution in [1.82, 2.24) is 9.55 Å². The number of aryl methyl sites for hydroxylation is 2. The van der Waals surface area contributed by atoms with Crippen LogP contribution in [0.15, 0.2) is 40.9 Å². The highest BCUT2D eigenvalue weighted by molar-refractivity contribution is 9.10. The van der Waals surface area contributed by atoms with E-state index in [0.29, 0.717) is 0 Å². The molecule has 108 valence electrons. The summed E-state index contributed by atoms with van der Waals surface area (Å²) in [6.45, 7) is 6.18. The Hall–Kier alpha value is -1.32. The summed E-state index contributed by atoms with van der Waals surface area (Å²) in [6, 6.07) is 12.5. The van der Waals surface area contributed by atoms with Gasteiger partial charge in [0.1, 0.15) is 5.82 Å². The molecule has 1 heterocycles. The number of rotatable bonds is 2. The predicted octanol–water partition coefficient (Wildman–Crippen LogP) is 5.70. The molecule has 21 heavy (non-hydrogen) atoms. The molecule has 3 aromatic rings. The Morgan fingerprint density at radius 2 is 1.90 bits per heavy atom. The van der Waals surface area contributed by atoms with Crippen molar-refractivity contribution in [2.75, 3.05) is 0 Å².